The summed E-state index contributed by atoms with van der Waals surface area (Å²) in [4.78, 5) is 54.5. The minimum atomic E-state index is -2.15. The number of fused-ring (bicyclic) bond motifs is 4. The molecular formula is C34H27Cl2FN2O7. The van der Waals surface area contributed by atoms with Crippen molar-refractivity contribution in [1.82, 2.24) is 0 Å². The van der Waals surface area contributed by atoms with E-state index in [0.29, 0.717) is 16.8 Å². The van der Waals surface area contributed by atoms with Crippen molar-refractivity contribution in [1.29, 1.82) is 0 Å². The second-order valence-corrected chi connectivity index (χ2v) is 13.1. The van der Waals surface area contributed by atoms with Crippen molar-refractivity contribution in [3.8, 4) is 17.2 Å². The molecule has 2 saturated heterocycles. The largest absolute Gasteiger partial charge is 0.502 e. The number of ether oxygens (including phenoxy) is 2. The molecule has 4 aliphatic rings. The minimum absolute atomic E-state index is 0.0146. The number of benzene rings is 3. The average Bonchev–Trinajstić information content (AvgIpc) is 3.40. The van der Waals surface area contributed by atoms with E-state index in [4.69, 9.17) is 32.7 Å². The third-order valence-electron chi connectivity index (χ3n) is 9.75. The maximum Gasteiger partial charge on any atom is 0.258 e. The molecular weight excluding hydrogens is 638 g/mol. The zero-order valence-corrected chi connectivity index (χ0v) is 26.1. The third-order valence-corrected chi connectivity index (χ3v) is 11.2. The van der Waals surface area contributed by atoms with Crippen LogP contribution in [0.15, 0.2) is 78.4 Å². The first-order valence-electron chi connectivity index (χ1n) is 14.6. The number of methoxy groups -OCH3 is 2. The van der Waals surface area contributed by atoms with E-state index in [1.165, 1.54) is 43.4 Å². The quantitative estimate of drug-likeness (QED) is 0.223. The Hall–Kier alpha value is -4.41. The van der Waals surface area contributed by atoms with Crippen LogP contribution in [0.3, 0.4) is 0 Å². The number of phenols is 1. The van der Waals surface area contributed by atoms with Gasteiger partial charge in [-0.05, 0) is 72.9 Å². The molecule has 3 aromatic rings. The molecule has 1 N–H and O–H groups in total. The van der Waals surface area contributed by atoms with Crippen LogP contribution in [0.1, 0.15) is 24.3 Å². The average molecular weight is 666 g/mol. The van der Waals surface area contributed by atoms with Crippen LogP contribution >= 0.6 is 23.2 Å². The molecule has 0 aromatic heterocycles. The van der Waals surface area contributed by atoms with Crippen molar-refractivity contribution >= 4 is 58.2 Å². The predicted molar refractivity (Wildman–Crippen MR) is 167 cm³/mol. The number of phenolic OH excluding ortho intramolecular Hbond substituents is 1. The lowest BCUT2D eigenvalue weighted by Crippen LogP contribution is -2.60. The number of nitrogens with zero attached hydrogens (tertiary/aromatic N) is 2. The van der Waals surface area contributed by atoms with E-state index in [9.17, 15) is 28.7 Å². The highest BCUT2D eigenvalue weighted by Crippen LogP contribution is 2.66. The zero-order valence-electron chi connectivity index (χ0n) is 24.6. The Balaban J connectivity index is 1.44. The fraction of sp³-hybridized carbons (Fsp3) is 0.294. The number of carbonyl (C=O) groups is 4. The van der Waals surface area contributed by atoms with Gasteiger partial charge < -0.3 is 14.6 Å². The second-order valence-electron chi connectivity index (χ2n) is 11.9. The molecule has 2 heterocycles. The Morgan fingerprint density at radius 2 is 1.43 bits per heavy atom. The van der Waals surface area contributed by atoms with Gasteiger partial charge >= 0.3 is 0 Å². The molecule has 2 aliphatic heterocycles. The van der Waals surface area contributed by atoms with E-state index >= 15 is 0 Å². The maximum atomic E-state index is 14.5. The predicted octanol–water partition coefficient (Wildman–Crippen LogP) is 5.32. The first-order chi connectivity index (χ1) is 22.0. The molecule has 0 radical (unpaired) electrons. The standard InChI is InChI=1S/C34H27Cl2FN2O7/c1-45-24-14-17(15-25(46-2)28(24)40)27-21-12-13-22-26(30(42)38(29(22)41)19-6-4-3-5-7-19)23(21)16-33(35)31(43)39(32(44)34(27,33)36)20-10-8-18(37)9-11-20/h3-12,14-15,22-23,26-27,40H,13,16H2,1-2H3/t22-,23+,26-,27-,33+,34-/m0/s1. The third kappa shape index (κ3) is 3.92. The highest BCUT2D eigenvalue weighted by molar-refractivity contribution is 6.58. The first kappa shape index (κ1) is 30.3. The molecule has 0 unspecified atom stereocenters. The summed E-state index contributed by atoms with van der Waals surface area (Å²) in [6.45, 7) is 0. The van der Waals surface area contributed by atoms with Crippen LogP contribution in [-0.4, -0.2) is 52.7 Å². The Kier molecular flexibility index (Phi) is 6.95. The highest BCUT2D eigenvalue weighted by Gasteiger charge is 2.76. The number of aromatic hydroxyl groups is 1. The summed E-state index contributed by atoms with van der Waals surface area (Å²) in [5.74, 6) is -6.83. The van der Waals surface area contributed by atoms with Gasteiger partial charge in [-0.3, -0.25) is 24.1 Å². The summed E-state index contributed by atoms with van der Waals surface area (Å²) in [7, 11) is 2.69. The van der Waals surface area contributed by atoms with E-state index in [0.717, 1.165) is 17.0 Å². The lowest BCUT2D eigenvalue weighted by Gasteiger charge is -2.50. The highest BCUT2D eigenvalue weighted by atomic mass is 35.5. The normalized spacial score (nSPS) is 30.2. The van der Waals surface area contributed by atoms with Gasteiger partial charge in [-0.15, -0.1) is 23.2 Å². The smallest absolute Gasteiger partial charge is 0.258 e. The Labute approximate surface area is 273 Å². The van der Waals surface area contributed by atoms with Gasteiger partial charge in [-0.25, -0.2) is 9.29 Å². The maximum absolute atomic E-state index is 14.5. The lowest BCUT2D eigenvalue weighted by molar-refractivity contribution is -0.125. The number of para-hydroxylation sites is 1. The van der Waals surface area contributed by atoms with Crippen molar-refractivity contribution in [2.45, 2.75) is 28.5 Å². The number of carbonyl (C=O) groups excluding carboxylic acids is 4. The Morgan fingerprint density at radius 1 is 0.826 bits per heavy atom. The molecule has 2 aliphatic carbocycles. The summed E-state index contributed by atoms with van der Waals surface area (Å²) < 4.78 is 24.7. The lowest BCUT2D eigenvalue weighted by atomic mass is 9.56. The van der Waals surface area contributed by atoms with Crippen LogP contribution in [0.25, 0.3) is 0 Å². The summed E-state index contributed by atoms with van der Waals surface area (Å²) in [6.07, 6.45) is 1.76. The second kappa shape index (κ2) is 10.6. The van der Waals surface area contributed by atoms with Gasteiger partial charge in [0.2, 0.25) is 17.6 Å². The molecule has 9 nitrogen and oxygen atoms in total. The van der Waals surface area contributed by atoms with Crippen molar-refractivity contribution in [3.63, 3.8) is 0 Å². The van der Waals surface area contributed by atoms with Crippen molar-refractivity contribution in [2.75, 3.05) is 24.0 Å². The molecule has 236 valence electrons. The Morgan fingerprint density at radius 3 is 2.04 bits per heavy atom. The molecule has 46 heavy (non-hydrogen) atoms. The number of rotatable bonds is 5. The summed E-state index contributed by atoms with van der Waals surface area (Å²) >= 11 is 14.8. The van der Waals surface area contributed by atoms with Crippen LogP contribution in [0.4, 0.5) is 15.8 Å². The van der Waals surface area contributed by atoms with Crippen LogP contribution in [0.2, 0.25) is 0 Å². The minimum Gasteiger partial charge on any atom is -0.502 e. The number of hydrogen-bond donors (Lipinski definition) is 1. The zero-order chi connectivity index (χ0) is 32.7. The fourth-order valence-corrected chi connectivity index (χ4v) is 8.62. The van der Waals surface area contributed by atoms with E-state index < -0.39 is 57.0 Å². The van der Waals surface area contributed by atoms with Gasteiger partial charge in [0.15, 0.2) is 21.2 Å². The SMILES string of the molecule is COc1cc([C@H]2C3=CC[C@@H]4C(=O)N(c5ccccc5)C(=O)[C@@H]4[C@@H]3C[C@@]3(Cl)C(=O)N(c4ccc(F)cc4)C(=O)[C@@]23Cl)cc(OC)c1O. The van der Waals surface area contributed by atoms with Crippen molar-refractivity contribution in [3.05, 3.63) is 89.8 Å². The monoisotopic (exact) mass is 664 g/mol. The fourth-order valence-electron chi connectivity index (χ4n) is 7.68. The molecule has 4 amide bonds. The van der Waals surface area contributed by atoms with Crippen LogP contribution in [0, 0.1) is 23.6 Å². The molecule has 7 rings (SSSR count). The van der Waals surface area contributed by atoms with Crippen LogP contribution in [-0.2, 0) is 19.2 Å². The number of anilines is 2. The number of amides is 4. The number of halogens is 3. The first-order valence-corrected chi connectivity index (χ1v) is 15.3. The molecule has 1 saturated carbocycles. The number of imide groups is 2. The van der Waals surface area contributed by atoms with Gasteiger partial charge in [0, 0.05) is 5.92 Å². The van der Waals surface area contributed by atoms with Crippen LogP contribution < -0.4 is 19.3 Å². The molecule has 0 spiro atoms. The summed E-state index contributed by atoms with van der Waals surface area (Å²) in [5, 5.41) is 10.7. The van der Waals surface area contributed by atoms with Gasteiger partial charge in [0.25, 0.3) is 11.8 Å². The number of allylic oxidation sites excluding steroid dienone is 2. The van der Waals surface area contributed by atoms with Crippen LogP contribution in [0.5, 0.6) is 17.2 Å². The van der Waals surface area contributed by atoms with E-state index in [2.05, 4.69) is 0 Å². The molecule has 0 bridgehead atoms. The topological polar surface area (TPSA) is 113 Å². The van der Waals surface area contributed by atoms with E-state index in [-0.39, 0.29) is 41.7 Å². The summed E-state index contributed by atoms with van der Waals surface area (Å²) in [5.41, 5.74) is 1.39. The van der Waals surface area contributed by atoms with E-state index in [1.807, 2.05) is 0 Å². The molecule has 3 fully saturated rings. The van der Waals surface area contributed by atoms with Crippen molar-refractivity contribution in [2.24, 2.45) is 17.8 Å². The van der Waals surface area contributed by atoms with Crippen molar-refractivity contribution < 1.29 is 38.1 Å². The molecule has 12 heteroatoms. The van der Waals surface area contributed by atoms with Gasteiger partial charge in [-0.2, -0.15) is 0 Å². The summed E-state index contributed by atoms with van der Waals surface area (Å²) in [6, 6.07) is 16.3. The van der Waals surface area contributed by atoms with Gasteiger partial charge in [0.1, 0.15) is 5.82 Å². The van der Waals surface area contributed by atoms with Gasteiger partial charge in [-0.1, -0.05) is 29.8 Å². The van der Waals surface area contributed by atoms with E-state index in [1.54, 1.807) is 36.4 Å². The molecule has 6 atom stereocenters. The Bertz CT molecular complexity index is 1830. The van der Waals surface area contributed by atoms with Gasteiger partial charge in [0.05, 0.1) is 37.4 Å². The number of hydrogen-bond acceptors (Lipinski definition) is 7. The number of alkyl halides is 2. The molecule has 3 aromatic carbocycles.